The summed E-state index contributed by atoms with van der Waals surface area (Å²) in [5.41, 5.74) is 6.43. The van der Waals surface area contributed by atoms with Gasteiger partial charge >= 0.3 is 0 Å². The highest BCUT2D eigenvalue weighted by Crippen LogP contribution is 2.09. The van der Waals surface area contributed by atoms with Gasteiger partial charge in [0.05, 0.1) is 5.69 Å². The van der Waals surface area contributed by atoms with Gasteiger partial charge in [-0.05, 0) is 31.2 Å². The summed E-state index contributed by atoms with van der Waals surface area (Å²) >= 11 is 0. The molecule has 0 unspecified atom stereocenters. The van der Waals surface area contributed by atoms with Gasteiger partial charge in [0.1, 0.15) is 5.82 Å². The van der Waals surface area contributed by atoms with E-state index in [4.69, 9.17) is 5.73 Å². The van der Waals surface area contributed by atoms with Crippen LogP contribution in [0, 0.1) is 12.7 Å². The lowest BCUT2D eigenvalue weighted by Gasteiger charge is -2.09. The molecule has 1 heterocycles. The summed E-state index contributed by atoms with van der Waals surface area (Å²) in [5, 5.41) is 3.93. The fourth-order valence-corrected chi connectivity index (χ4v) is 1.40. The first-order valence-corrected chi connectivity index (χ1v) is 4.70. The van der Waals surface area contributed by atoms with Crippen LogP contribution in [0.2, 0.25) is 0 Å². The van der Waals surface area contributed by atoms with Gasteiger partial charge in [-0.3, -0.25) is 4.79 Å². The number of hydrogen-bond acceptors (Lipinski definition) is 3. The van der Waals surface area contributed by atoms with Crippen molar-refractivity contribution < 1.29 is 4.39 Å². The van der Waals surface area contributed by atoms with E-state index in [2.05, 4.69) is 5.10 Å². The third kappa shape index (κ3) is 1.79. The second kappa shape index (κ2) is 3.77. The van der Waals surface area contributed by atoms with E-state index in [1.54, 1.807) is 19.1 Å². The van der Waals surface area contributed by atoms with Crippen molar-refractivity contribution in [3.63, 3.8) is 0 Å². The van der Waals surface area contributed by atoms with Crippen LogP contribution in [0.15, 0.2) is 35.1 Å². The molecule has 0 fully saturated rings. The van der Waals surface area contributed by atoms with Gasteiger partial charge in [-0.2, -0.15) is 0 Å². The molecule has 0 bridgehead atoms. The van der Waals surface area contributed by atoms with Crippen molar-refractivity contribution >= 4 is 5.82 Å². The first-order chi connectivity index (χ1) is 7.58. The summed E-state index contributed by atoms with van der Waals surface area (Å²) in [4.78, 5) is 11.2. The predicted molar refractivity (Wildman–Crippen MR) is 58.9 cm³/mol. The third-order valence-electron chi connectivity index (χ3n) is 2.21. The Morgan fingerprint density at radius 3 is 2.56 bits per heavy atom. The van der Waals surface area contributed by atoms with Gasteiger partial charge in [-0.1, -0.05) is 0 Å². The smallest absolute Gasteiger partial charge is 0.224 e. The van der Waals surface area contributed by atoms with E-state index in [9.17, 15) is 9.18 Å². The zero-order valence-corrected chi connectivity index (χ0v) is 8.64. The SMILES string of the molecule is Cc1cc(=O)c(N)nn1-c1ccc(F)cc1. The highest BCUT2D eigenvalue weighted by molar-refractivity contribution is 5.36. The van der Waals surface area contributed by atoms with Crippen molar-refractivity contribution in [2.75, 3.05) is 5.73 Å². The minimum absolute atomic E-state index is 0.0741. The molecule has 0 saturated carbocycles. The quantitative estimate of drug-likeness (QED) is 0.785. The van der Waals surface area contributed by atoms with Crippen LogP contribution in [0.3, 0.4) is 0 Å². The van der Waals surface area contributed by atoms with Crippen molar-refractivity contribution in [1.82, 2.24) is 9.78 Å². The van der Waals surface area contributed by atoms with Crippen LogP contribution < -0.4 is 11.2 Å². The number of nitrogens with zero attached hydrogens (tertiary/aromatic N) is 2. The highest BCUT2D eigenvalue weighted by atomic mass is 19.1. The average Bonchev–Trinajstić information content (AvgIpc) is 2.25. The van der Waals surface area contributed by atoms with Gasteiger partial charge < -0.3 is 5.73 Å². The molecule has 1 aromatic heterocycles. The fourth-order valence-electron chi connectivity index (χ4n) is 1.40. The minimum atomic E-state index is -0.324. The maximum Gasteiger partial charge on any atom is 0.224 e. The summed E-state index contributed by atoms with van der Waals surface area (Å²) in [6.45, 7) is 1.73. The Kier molecular flexibility index (Phi) is 2.44. The van der Waals surface area contributed by atoms with E-state index in [1.807, 2.05) is 0 Å². The fraction of sp³-hybridized carbons (Fsp3) is 0.0909. The van der Waals surface area contributed by atoms with Crippen LogP contribution in [-0.2, 0) is 0 Å². The van der Waals surface area contributed by atoms with Crippen molar-refractivity contribution in [1.29, 1.82) is 0 Å². The summed E-state index contributed by atoms with van der Waals surface area (Å²) in [6, 6.07) is 7.18. The van der Waals surface area contributed by atoms with Crippen LogP contribution >= 0.6 is 0 Å². The molecule has 0 aliphatic rings. The molecule has 5 heteroatoms. The summed E-state index contributed by atoms with van der Waals surface area (Å²) in [7, 11) is 0. The molecule has 82 valence electrons. The Labute approximate surface area is 91.1 Å². The van der Waals surface area contributed by atoms with Crippen molar-refractivity contribution in [3.05, 3.63) is 52.1 Å². The first-order valence-electron chi connectivity index (χ1n) is 4.70. The van der Waals surface area contributed by atoms with Gasteiger partial charge in [-0.25, -0.2) is 9.07 Å². The molecule has 0 atom stereocenters. The lowest BCUT2D eigenvalue weighted by molar-refractivity contribution is 0.626. The third-order valence-corrected chi connectivity index (χ3v) is 2.21. The van der Waals surface area contributed by atoms with Crippen molar-refractivity contribution in [3.8, 4) is 5.69 Å². The Morgan fingerprint density at radius 1 is 1.31 bits per heavy atom. The summed E-state index contributed by atoms with van der Waals surface area (Å²) in [6.07, 6.45) is 0. The van der Waals surface area contributed by atoms with Crippen LogP contribution in [0.5, 0.6) is 0 Å². The zero-order chi connectivity index (χ0) is 11.7. The molecule has 2 aromatic rings. The number of rotatable bonds is 1. The van der Waals surface area contributed by atoms with Gasteiger partial charge in [0.25, 0.3) is 0 Å². The van der Waals surface area contributed by atoms with Crippen LogP contribution in [0.25, 0.3) is 5.69 Å². The monoisotopic (exact) mass is 219 g/mol. The number of benzene rings is 1. The topological polar surface area (TPSA) is 60.9 Å². The minimum Gasteiger partial charge on any atom is -0.379 e. The molecule has 0 saturated heterocycles. The Bertz CT molecular complexity index is 575. The molecular formula is C11H10FN3O. The molecule has 0 spiro atoms. The number of aromatic nitrogens is 2. The molecule has 0 amide bonds. The normalized spacial score (nSPS) is 10.4. The highest BCUT2D eigenvalue weighted by Gasteiger charge is 2.04. The van der Waals surface area contributed by atoms with Crippen LogP contribution in [-0.4, -0.2) is 9.78 Å². The van der Waals surface area contributed by atoms with E-state index in [1.165, 1.54) is 22.9 Å². The second-order valence-electron chi connectivity index (χ2n) is 3.42. The number of nitrogens with two attached hydrogens (primary N) is 1. The lowest BCUT2D eigenvalue weighted by Crippen LogP contribution is -2.17. The summed E-state index contributed by atoms with van der Waals surface area (Å²) in [5.74, 6) is -0.398. The van der Waals surface area contributed by atoms with Crippen LogP contribution in [0.1, 0.15) is 5.69 Å². The van der Waals surface area contributed by atoms with E-state index in [-0.39, 0.29) is 17.1 Å². The molecular weight excluding hydrogens is 209 g/mol. The van der Waals surface area contributed by atoms with E-state index in [0.29, 0.717) is 11.4 Å². The predicted octanol–water partition coefficient (Wildman–Crippen LogP) is 1.26. The molecule has 0 aliphatic heterocycles. The Morgan fingerprint density at radius 2 is 1.94 bits per heavy atom. The molecule has 2 rings (SSSR count). The van der Waals surface area contributed by atoms with E-state index < -0.39 is 0 Å². The molecule has 16 heavy (non-hydrogen) atoms. The number of aryl methyl sites for hydroxylation is 1. The standard InChI is InChI=1S/C11H10FN3O/c1-7-6-10(16)11(13)14-15(7)9-4-2-8(12)3-5-9/h2-6H,1H3,(H2,13,14). The first kappa shape index (κ1) is 10.4. The Hall–Kier alpha value is -2.17. The molecule has 0 radical (unpaired) electrons. The Balaban J connectivity index is 2.60. The number of hydrogen-bond donors (Lipinski definition) is 1. The number of nitrogen functional groups attached to an aromatic ring is 1. The van der Waals surface area contributed by atoms with Gasteiger partial charge in [0.15, 0.2) is 5.82 Å². The largest absolute Gasteiger partial charge is 0.379 e. The average molecular weight is 219 g/mol. The van der Waals surface area contributed by atoms with Crippen LogP contribution in [0.4, 0.5) is 10.2 Å². The van der Waals surface area contributed by atoms with Gasteiger partial charge in [0, 0.05) is 11.8 Å². The molecule has 1 aromatic carbocycles. The number of anilines is 1. The maximum absolute atomic E-state index is 12.7. The zero-order valence-electron chi connectivity index (χ0n) is 8.64. The number of halogens is 1. The summed E-state index contributed by atoms with van der Waals surface area (Å²) < 4.78 is 14.2. The molecule has 4 nitrogen and oxygen atoms in total. The maximum atomic E-state index is 12.7. The lowest BCUT2D eigenvalue weighted by atomic mass is 10.3. The van der Waals surface area contributed by atoms with Crippen molar-refractivity contribution in [2.45, 2.75) is 6.92 Å². The second-order valence-corrected chi connectivity index (χ2v) is 3.42. The van der Waals surface area contributed by atoms with E-state index >= 15 is 0 Å². The molecule has 0 aliphatic carbocycles. The van der Waals surface area contributed by atoms with Gasteiger partial charge in [-0.15, -0.1) is 5.10 Å². The van der Waals surface area contributed by atoms with Gasteiger partial charge in [0.2, 0.25) is 5.43 Å². The van der Waals surface area contributed by atoms with E-state index in [0.717, 1.165) is 0 Å². The van der Waals surface area contributed by atoms with Crippen molar-refractivity contribution in [2.24, 2.45) is 0 Å². The molecule has 2 N–H and O–H groups in total.